The van der Waals surface area contributed by atoms with Gasteiger partial charge < -0.3 is 20.8 Å². The molecule has 0 amide bonds. The van der Waals surface area contributed by atoms with E-state index >= 15 is 0 Å². The van der Waals surface area contributed by atoms with Gasteiger partial charge in [-0.05, 0) is 9.79 Å². The van der Waals surface area contributed by atoms with Crippen molar-refractivity contribution in [2.24, 2.45) is 0 Å². The molecule has 10 heteroatoms. The van der Waals surface area contributed by atoms with Crippen LogP contribution in [-0.4, -0.2) is 44.0 Å². The van der Waals surface area contributed by atoms with E-state index in [0.717, 1.165) is 50.2 Å². The summed E-state index contributed by atoms with van der Waals surface area (Å²) >= 11 is 0. The second-order valence-electron chi connectivity index (χ2n) is 8.39. The Kier molecular flexibility index (Phi) is 28.6. The molecule has 0 bridgehead atoms. The van der Waals surface area contributed by atoms with E-state index in [4.69, 9.17) is 0 Å². The molecule has 0 fully saturated rings. The van der Waals surface area contributed by atoms with Gasteiger partial charge in [0.1, 0.15) is 19.7 Å². The molecule has 0 atom stereocenters. The van der Waals surface area contributed by atoms with Gasteiger partial charge >= 0.3 is 21.1 Å². The molecule has 0 saturated heterocycles. The Morgan fingerprint density at radius 2 is 0.972 bits per heavy atom. The van der Waals surface area contributed by atoms with E-state index in [2.05, 4.69) is 41.5 Å². The van der Waals surface area contributed by atoms with Crippen LogP contribution in [0, 0.1) is 20.8 Å². The van der Waals surface area contributed by atoms with Crippen molar-refractivity contribution in [1.29, 1.82) is 0 Å². The molecule has 0 aromatic heterocycles. The van der Waals surface area contributed by atoms with Gasteiger partial charge in [0.15, 0.2) is 9.84 Å². The fourth-order valence-corrected chi connectivity index (χ4v) is 6.93. The van der Waals surface area contributed by atoms with Gasteiger partial charge in [-0.2, -0.15) is 31.4 Å². The average molecular weight is 750 g/mol. The van der Waals surface area contributed by atoms with Crippen molar-refractivity contribution in [1.82, 2.24) is 0 Å². The summed E-state index contributed by atoms with van der Waals surface area (Å²) in [5.41, 5.74) is 0. The molecule has 0 spiro atoms. The second-order valence-corrected chi connectivity index (χ2v) is 14.3. The van der Waals surface area contributed by atoms with Crippen molar-refractivity contribution in [2.45, 2.75) is 113 Å². The fourth-order valence-electron chi connectivity index (χ4n) is 2.65. The predicted molar refractivity (Wildman–Crippen MR) is 150 cm³/mol. The molecule has 1 rings (SSSR count). The van der Waals surface area contributed by atoms with Crippen LogP contribution in [0.1, 0.15) is 97.8 Å². The van der Waals surface area contributed by atoms with Gasteiger partial charge in [-0.15, -0.1) is 0 Å². The minimum Gasteiger partial charge on any atom is -0.343 e. The van der Waals surface area contributed by atoms with E-state index in [9.17, 15) is 25.3 Å². The van der Waals surface area contributed by atoms with Crippen LogP contribution in [0.4, 0.5) is 0 Å². The van der Waals surface area contributed by atoms with Gasteiger partial charge in [0.25, 0.3) is 0 Å². The van der Waals surface area contributed by atoms with E-state index in [-0.39, 0.29) is 21.1 Å². The average Bonchev–Trinajstić information content (AvgIpc) is 3.23. The van der Waals surface area contributed by atoms with Crippen molar-refractivity contribution >= 4 is 29.5 Å². The first-order valence-electron chi connectivity index (χ1n) is 12.4. The second kappa shape index (κ2) is 24.0. The maximum absolute atomic E-state index is 11.5. The maximum atomic E-state index is 11.5. The van der Waals surface area contributed by atoms with E-state index in [0.29, 0.717) is 0 Å². The summed E-state index contributed by atoms with van der Waals surface area (Å²) in [6, 6.07) is 1.98. The van der Waals surface area contributed by atoms with Gasteiger partial charge in [-0.1, -0.05) is 83.5 Å². The number of sulfone groups is 3. The minimum absolute atomic E-state index is 0. The first kappa shape index (κ1) is 43.0. The number of hydrogen-bond acceptors (Lipinski definition) is 6. The first-order valence-corrected chi connectivity index (χ1v) is 18.0. The Morgan fingerprint density at radius 1 is 0.639 bits per heavy atom. The molecule has 0 aliphatic rings. The van der Waals surface area contributed by atoms with Crippen molar-refractivity contribution in [3.05, 3.63) is 32.9 Å². The van der Waals surface area contributed by atoms with Crippen LogP contribution in [0.5, 0.6) is 0 Å². The molecule has 0 unspecified atom stereocenters. The normalized spacial score (nSPS) is 11.0. The molecular weight excluding hydrogens is 700 g/mol. The zero-order chi connectivity index (χ0) is 28.1. The summed E-state index contributed by atoms with van der Waals surface area (Å²) in [6.07, 6.45) is 17.6. The molecule has 0 saturated carbocycles. The van der Waals surface area contributed by atoms with Crippen LogP contribution < -0.4 is 0 Å². The molecule has 0 heterocycles. The fraction of sp³-hybridized carbons (Fsp3) is 0.692. The van der Waals surface area contributed by atoms with Crippen LogP contribution in [0.25, 0.3) is 0 Å². The van der Waals surface area contributed by atoms with Crippen LogP contribution in [0.2, 0.25) is 0 Å². The van der Waals surface area contributed by atoms with Gasteiger partial charge in [0, 0.05) is 18.8 Å². The van der Waals surface area contributed by atoms with Crippen molar-refractivity contribution in [3.8, 4) is 0 Å². The van der Waals surface area contributed by atoms with Gasteiger partial charge in [0.05, 0.1) is 0 Å². The van der Waals surface area contributed by atoms with Crippen LogP contribution in [0.3, 0.4) is 0 Å². The van der Waals surface area contributed by atoms with Crippen LogP contribution in [-0.2, 0) is 50.6 Å². The Hall–Kier alpha value is -0.112. The quantitative estimate of drug-likeness (QED) is 0.172. The third kappa shape index (κ3) is 23.0. The monoisotopic (exact) mass is 749 g/mol. The summed E-state index contributed by atoms with van der Waals surface area (Å²) in [6.45, 7) is 17.8. The van der Waals surface area contributed by atoms with Gasteiger partial charge in [-0.3, -0.25) is 0 Å². The molecule has 1 aromatic rings. The third-order valence-corrected chi connectivity index (χ3v) is 8.28. The van der Waals surface area contributed by atoms with Crippen molar-refractivity contribution in [2.75, 3.05) is 18.8 Å². The zero-order valence-electron chi connectivity index (χ0n) is 23.3. The van der Waals surface area contributed by atoms with Crippen LogP contribution in [0.15, 0.2) is 26.8 Å². The summed E-state index contributed by atoms with van der Waals surface area (Å²) in [5, 5.41) is 0. The van der Waals surface area contributed by atoms with E-state index in [1.807, 2.05) is 0 Å². The number of hydrogen-bond donors (Lipinski definition) is 0. The predicted octanol–water partition coefficient (Wildman–Crippen LogP) is 6.82. The summed E-state index contributed by atoms with van der Waals surface area (Å²) < 4.78 is 68.5. The summed E-state index contributed by atoms with van der Waals surface area (Å²) in [7, 11) is -11.5. The number of rotatable bonds is 12. The smallest absolute Gasteiger partial charge is 0.343 e. The minimum atomic E-state index is -3.95. The molecule has 36 heavy (non-hydrogen) atoms. The largest absolute Gasteiger partial charge is 4.00 e. The van der Waals surface area contributed by atoms with E-state index in [1.165, 1.54) is 57.8 Å². The Morgan fingerprint density at radius 3 is 1.14 bits per heavy atom. The molecule has 0 aliphatic carbocycles. The number of unbranched alkanes of at least 4 members (excludes halogenated alkanes) is 9. The van der Waals surface area contributed by atoms with E-state index in [1.54, 1.807) is 0 Å². The Bertz CT molecular complexity index is 867. The summed E-state index contributed by atoms with van der Waals surface area (Å²) in [5.74, 6) is 0. The van der Waals surface area contributed by atoms with E-state index < -0.39 is 44.2 Å². The topological polar surface area (TPSA) is 102 Å². The van der Waals surface area contributed by atoms with Crippen LogP contribution >= 0.6 is 0 Å². The summed E-state index contributed by atoms with van der Waals surface area (Å²) in [4.78, 5) is -1.62. The molecule has 0 radical (unpaired) electrons. The molecular formula is C26H50O6PtS3. The first-order chi connectivity index (χ1) is 16.1. The van der Waals surface area contributed by atoms with Gasteiger partial charge in [0.2, 0.25) is 0 Å². The zero-order valence-corrected chi connectivity index (χ0v) is 28.0. The third-order valence-electron chi connectivity index (χ3n) is 4.56. The maximum Gasteiger partial charge on any atom is 4.00 e. The Labute approximate surface area is 238 Å². The molecule has 6 nitrogen and oxygen atoms in total. The molecule has 218 valence electrons. The van der Waals surface area contributed by atoms with Crippen molar-refractivity contribution < 1.29 is 46.3 Å². The Balaban J connectivity index is -0.000000223. The standard InChI is InChI=1S/C8H11O6S3.3C6H13.Pt/c1-15(9,10)6-4-5-7(16(2,11)12)8(6)17(3,13)14;3*1-3-5-6-4-2;/h4-5H,1-3H3;3*1,3-6H2,2H3;/q4*-1;+4. The van der Waals surface area contributed by atoms with Crippen molar-refractivity contribution in [3.63, 3.8) is 0 Å². The SMILES string of the molecule is CS(=O)(=O)c1cc[c-](S(C)(=O)=O)c1S(C)(=O)=O.[CH2-]CCCCC.[CH2-]CCCCC.[CH2-]CCCCC.[Pt+4]. The molecule has 0 N–H and O–H groups in total. The van der Waals surface area contributed by atoms with Gasteiger partial charge in [-0.25, -0.2) is 25.3 Å². The molecule has 0 aliphatic heterocycles. The molecule has 1 aromatic carbocycles.